The minimum absolute atomic E-state index is 0.0241. The molecule has 0 aromatic heterocycles. The van der Waals surface area contributed by atoms with E-state index in [2.05, 4.69) is 156 Å². The van der Waals surface area contributed by atoms with Crippen LogP contribution in [0.5, 0.6) is 0 Å². The summed E-state index contributed by atoms with van der Waals surface area (Å²) in [6.45, 7) is 45.6. The van der Waals surface area contributed by atoms with E-state index in [1.165, 1.54) is 27.8 Å². The van der Waals surface area contributed by atoms with Gasteiger partial charge in [-0.1, -0.05) is 156 Å². The van der Waals surface area contributed by atoms with Gasteiger partial charge < -0.3 is 0 Å². The summed E-state index contributed by atoms with van der Waals surface area (Å²) < 4.78 is 0. The SMILES string of the molecule is CCC(c1cc(C(C)(C)C)cc(C(C)(C)C)c1)c1c(C(C)(C)C)c(C(C)(C)C)cc(C(C)(C)C)c1C(C)(C)C. The Hall–Kier alpha value is -1.56. The molecule has 0 aliphatic rings. The number of hydrogen-bond donors (Lipinski definition) is 0. The molecule has 0 nitrogen and oxygen atoms in total. The second-order valence-electron chi connectivity index (χ2n) is 18.4. The van der Waals surface area contributed by atoms with Crippen LogP contribution in [0.1, 0.15) is 188 Å². The van der Waals surface area contributed by atoms with E-state index in [0.717, 1.165) is 6.42 Å². The zero-order chi connectivity index (χ0) is 30.7. The van der Waals surface area contributed by atoms with Gasteiger partial charge in [0.1, 0.15) is 0 Å². The van der Waals surface area contributed by atoms with Crippen molar-refractivity contribution in [1.82, 2.24) is 0 Å². The second-order valence-corrected chi connectivity index (χ2v) is 18.4. The molecule has 0 N–H and O–H groups in total. The highest BCUT2D eigenvalue weighted by Gasteiger charge is 2.39. The third-order valence-corrected chi connectivity index (χ3v) is 8.33. The van der Waals surface area contributed by atoms with Gasteiger partial charge in [-0.2, -0.15) is 0 Å². The molecule has 0 aliphatic heterocycles. The van der Waals surface area contributed by atoms with Gasteiger partial charge in [-0.25, -0.2) is 0 Å². The van der Waals surface area contributed by atoms with E-state index in [1.807, 2.05) is 0 Å². The minimum Gasteiger partial charge on any atom is -0.0645 e. The molecular formula is C39H64. The van der Waals surface area contributed by atoms with Gasteiger partial charge in [0.05, 0.1) is 0 Å². The number of hydrogen-bond acceptors (Lipinski definition) is 0. The molecule has 0 radical (unpaired) electrons. The molecule has 2 rings (SSSR count). The Morgan fingerprint density at radius 2 is 0.769 bits per heavy atom. The van der Waals surface area contributed by atoms with E-state index < -0.39 is 0 Å². The van der Waals surface area contributed by atoms with Gasteiger partial charge >= 0.3 is 0 Å². The predicted octanol–water partition coefficient (Wildman–Crippen LogP) is 12.0. The highest BCUT2D eigenvalue weighted by Crippen LogP contribution is 2.50. The van der Waals surface area contributed by atoms with Crippen LogP contribution in [0.15, 0.2) is 24.3 Å². The maximum Gasteiger partial charge on any atom is 0.00930 e. The highest BCUT2D eigenvalue weighted by molar-refractivity contribution is 5.59. The predicted molar refractivity (Wildman–Crippen MR) is 177 cm³/mol. The van der Waals surface area contributed by atoms with Crippen molar-refractivity contribution < 1.29 is 0 Å². The van der Waals surface area contributed by atoms with Gasteiger partial charge in [-0.3, -0.25) is 0 Å². The molecule has 1 unspecified atom stereocenters. The summed E-state index contributed by atoms with van der Waals surface area (Å²) >= 11 is 0. The van der Waals surface area contributed by atoms with Crippen molar-refractivity contribution in [3.05, 3.63) is 68.8 Å². The lowest BCUT2D eigenvalue weighted by Crippen LogP contribution is -2.32. The molecule has 2 aromatic carbocycles. The molecule has 1 atom stereocenters. The summed E-state index contributed by atoms with van der Waals surface area (Å²) in [5.74, 6) is 0.334. The van der Waals surface area contributed by atoms with Gasteiger partial charge in [0.15, 0.2) is 0 Å². The Balaban J connectivity index is 3.33. The average molecular weight is 533 g/mol. The standard InChI is InChI=1S/C39H64/c1-20-28(25-21-26(34(2,3)4)23-27(22-25)35(5,6)7)31-32(38(14,15)16)29(36(8,9)10)24-30(37(11,12)13)33(31)39(17,18)19/h21-24,28H,20H2,1-19H3. The molecule has 0 saturated heterocycles. The average Bonchev–Trinajstić information content (AvgIpc) is 2.69. The first-order chi connectivity index (χ1) is 17.1. The third-order valence-electron chi connectivity index (χ3n) is 8.33. The molecule has 0 heterocycles. The van der Waals surface area contributed by atoms with Gasteiger partial charge in [0.2, 0.25) is 0 Å². The van der Waals surface area contributed by atoms with Crippen molar-refractivity contribution in [2.24, 2.45) is 0 Å². The fraction of sp³-hybridized carbons (Fsp3) is 0.692. The summed E-state index contributed by atoms with van der Waals surface area (Å²) in [5.41, 5.74) is 12.5. The Morgan fingerprint density at radius 3 is 1.00 bits per heavy atom. The normalized spacial score (nSPS) is 15.1. The third kappa shape index (κ3) is 7.40. The van der Waals surface area contributed by atoms with Crippen LogP contribution in [-0.4, -0.2) is 0 Å². The monoisotopic (exact) mass is 533 g/mol. The van der Waals surface area contributed by atoms with Crippen LogP contribution in [-0.2, 0) is 32.5 Å². The summed E-state index contributed by atoms with van der Waals surface area (Å²) in [5, 5.41) is 0. The summed E-state index contributed by atoms with van der Waals surface area (Å²) in [4.78, 5) is 0. The Labute approximate surface area is 244 Å². The molecule has 2 aromatic rings. The summed E-state index contributed by atoms with van der Waals surface area (Å²) in [6.07, 6.45) is 1.08. The molecular weight excluding hydrogens is 468 g/mol. The van der Waals surface area contributed by atoms with Crippen LogP contribution in [0.2, 0.25) is 0 Å². The Morgan fingerprint density at radius 1 is 0.436 bits per heavy atom. The van der Waals surface area contributed by atoms with Crippen LogP contribution < -0.4 is 0 Å². The molecule has 0 fully saturated rings. The van der Waals surface area contributed by atoms with Crippen molar-refractivity contribution in [1.29, 1.82) is 0 Å². The van der Waals surface area contributed by atoms with Crippen molar-refractivity contribution >= 4 is 0 Å². The first-order valence-corrected chi connectivity index (χ1v) is 15.5. The number of benzene rings is 2. The van der Waals surface area contributed by atoms with Gasteiger partial charge in [-0.15, -0.1) is 0 Å². The Bertz CT molecular complexity index is 1080. The van der Waals surface area contributed by atoms with Crippen molar-refractivity contribution in [3.63, 3.8) is 0 Å². The molecule has 0 aliphatic carbocycles. The molecule has 39 heavy (non-hydrogen) atoms. The summed E-state index contributed by atoms with van der Waals surface area (Å²) in [6, 6.07) is 10.2. The van der Waals surface area contributed by atoms with Gasteiger partial charge in [-0.05, 0) is 83.4 Å². The quantitative estimate of drug-likeness (QED) is 0.369. The molecule has 0 spiro atoms. The van der Waals surface area contributed by atoms with Crippen LogP contribution in [0.3, 0.4) is 0 Å². The molecule has 0 amide bonds. The van der Waals surface area contributed by atoms with E-state index in [0.29, 0.717) is 5.92 Å². The fourth-order valence-electron chi connectivity index (χ4n) is 6.18. The first kappa shape index (κ1) is 33.6. The van der Waals surface area contributed by atoms with Crippen molar-refractivity contribution in [2.75, 3.05) is 0 Å². The highest BCUT2D eigenvalue weighted by atomic mass is 14.4. The maximum absolute atomic E-state index is 2.60. The molecule has 0 heteroatoms. The fourth-order valence-corrected chi connectivity index (χ4v) is 6.18. The van der Waals surface area contributed by atoms with E-state index >= 15 is 0 Å². The van der Waals surface area contributed by atoms with Crippen molar-refractivity contribution in [3.8, 4) is 0 Å². The lowest BCUT2D eigenvalue weighted by Gasteiger charge is -2.42. The Kier molecular flexibility index (Phi) is 8.94. The lowest BCUT2D eigenvalue weighted by atomic mass is 9.62. The van der Waals surface area contributed by atoms with Gasteiger partial charge in [0.25, 0.3) is 0 Å². The zero-order valence-corrected chi connectivity index (χ0v) is 29.6. The topological polar surface area (TPSA) is 0 Å². The number of rotatable bonds is 3. The lowest BCUT2D eigenvalue weighted by molar-refractivity contribution is 0.485. The largest absolute Gasteiger partial charge is 0.0645 e. The zero-order valence-electron chi connectivity index (χ0n) is 29.6. The van der Waals surface area contributed by atoms with Crippen molar-refractivity contribution in [2.45, 2.75) is 176 Å². The van der Waals surface area contributed by atoms with Crippen LogP contribution in [0.25, 0.3) is 0 Å². The van der Waals surface area contributed by atoms with Crippen LogP contribution in [0, 0.1) is 0 Å². The van der Waals surface area contributed by atoms with Crippen LogP contribution >= 0.6 is 0 Å². The van der Waals surface area contributed by atoms with Crippen LogP contribution in [0.4, 0.5) is 0 Å². The minimum atomic E-state index is 0.0241. The van der Waals surface area contributed by atoms with Gasteiger partial charge in [0, 0.05) is 5.92 Å². The van der Waals surface area contributed by atoms with E-state index in [1.54, 1.807) is 16.7 Å². The van der Waals surface area contributed by atoms with E-state index in [4.69, 9.17) is 0 Å². The second kappa shape index (κ2) is 10.4. The first-order valence-electron chi connectivity index (χ1n) is 15.5. The summed E-state index contributed by atoms with van der Waals surface area (Å²) in [7, 11) is 0. The van der Waals surface area contributed by atoms with E-state index in [-0.39, 0.29) is 32.5 Å². The smallest absolute Gasteiger partial charge is 0.00930 e. The van der Waals surface area contributed by atoms with E-state index in [9.17, 15) is 0 Å². The molecule has 0 saturated carbocycles. The maximum atomic E-state index is 2.60. The molecule has 220 valence electrons. The molecule has 0 bridgehead atoms.